The molecule has 3 aromatic heterocycles. The van der Waals surface area contributed by atoms with Gasteiger partial charge in [-0.25, -0.2) is 14.6 Å². The molecule has 1 N–H and O–H groups in total. The molecular formula is C18H22N8OS. The van der Waals surface area contributed by atoms with Gasteiger partial charge < -0.3 is 4.90 Å². The van der Waals surface area contributed by atoms with Crippen molar-refractivity contribution in [2.45, 2.75) is 33.2 Å². The highest BCUT2D eigenvalue weighted by molar-refractivity contribution is 7.13. The first kappa shape index (κ1) is 18.5. The number of hydrogen-bond donors (Lipinski definition) is 1. The molecule has 1 atom stereocenters. The first-order valence-electron chi connectivity index (χ1n) is 9.25. The van der Waals surface area contributed by atoms with Gasteiger partial charge in [0.1, 0.15) is 23.0 Å². The third-order valence-corrected chi connectivity index (χ3v) is 5.43. The maximum absolute atomic E-state index is 12.2. The van der Waals surface area contributed by atoms with Crippen molar-refractivity contribution in [3.8, 4) is 0 Å². The predicted molar refractivity (Wildman–Crippen MR) is 107 cm³/mol. The van der Waals surface area contributed by atoms with Gasteiger partial charge in [0.2, 0.25) is 5.13 Å². The molecule has 0 aliphatic carbocycles. The van der Waals surface area contributed by atoms with E-state index in [1.165, 1.54) is 11.3 Å². The van der Waals surface area contributed by atoms with Gasteiger partial charge in [-0.1, -0.05) is 11.3 Å². The van der Waals surface area contributed by atoms with Gasteiger partial charge in [-0.2, -0.15) is 5.10 Å². The van der Waals surface area contributed by atoms with Crippen LogP contribution in [-0.2, 0) is 6.54 Å². The number of nitrogens with zero attached hydrogens (tertiary/aromatic N) is 7. The highest BCUT2D eigenvalue weighted by Gasteiger charge is 2.22. The van der Waals surface area contributed by atoms with E-state index >= 15 is 0 Å². The van der Waals surface area contributed by atoms with Crippen LogP contribution >= 0.6 is 11.3 Å². The fourth-order valence-corrected chi connectivity index (χ4v) is 3.95. The molecule has 4 heterocycles. The smallest absolute Gasteiger partial charge is 0.259 e. The number of anilines is 2. The molecule has 10 heteroatoms. The van der Waals surface area contributed by atoms with Crippen LogP contribution in [0, 0.1) is 19.8 Å². The Bertz CT molecular complexity index is 937. The molecule has 146 valence electrons. The van der Waals surface area contributed by atoms with Crippen LogP contribution in [0.3, 0.4) is 0 Å². The van der Waals surface area contributed by atoms with Gasteiger partial charge in [-0.3, -0.25) is 10.1 Å². The molecule has 1 amide bonds. The standard InChI is InChI=1S/C18H22N8OS/c1-12-21-13(2)26(24-12)10-14-4-3-7-25(9-14)16-6-5-15(8-19-16)17(27)22-18-23-20-11-28-18/h5-6,8,11,14H,3-4,7,9-10H2,1-2H3,(H,22,23,27). The Hall–Kier alpha value is -2.88. The maximum Gasteiger partial charge on any atom is 0.259 e. The van der Waals surface area contributed by atoms with Gasteiger partial charge in [0.05, 0.1) is 5.56 Å². The van der Waals surface area contributed by atoms with E-state index in [2.05, 4.69) is 35.5 Å². The molecule has 1 fully saturated rings. The van der Waals surface area contributed by atoms with Crippen molar-refractivity contribution in [3.63, 3.8) is 0 Å². The average Bonchev–Trinajstić information content (AvgIpc) is 3.31. The summed E-state index contributed by atoms with van der Waals surface area (Å²) in [5, 5.41) is 15.2. The third-order valence-electron chi connectivity index (χ3n) is 4.83. The largest absolute Gasteiger partial charge is 0.356 e. The Labute approximate surface area is 166 Å². The lowest BCUT2D eigenvalue weighted by Gasteiger charge is -2.33. The summed E-state index contributed by atoms with van der Waals surface area (Å²) in [7, 11) is 0. The van der Waals surface area contributed by atoms with Gasteiger partial charge in [0.25, 0.3) is 5.91 Å². The van der Waals surface area contributed by atoms with E-state index in [9.17, 15) is 4.79 Å². The molecule has 0 saturated carbocycles. The van der Waals surface area contributed by atoms with Crippen LogP contribution in [0.2, 0.25) is 0 Å². The SMILES string of the molecule is Cc1nc(C)n(CC2CCCN(c3ccc(C(=O)Nc4nncs4)cn3)C2)n1. The minimum atomic E-state index is -0.232. The van der Waals surface area contributed by atoms with Crippen molar-refractivity contribution >= 4 is 28.2 Å². The van der Waals surface area contributed by atoms with Gasteiger partial charge in [0, 0.05) is 25.8 Å². The molecule has 28 heavy (non-hydrogen) atoms. The molecule has 3 aromatic rings. The Morgan fingerprint density at radius 1 is 1.36 bits per heavy atom. The number of piperidine rings is 1. The Balaban J connectivity index is 1.39. The van der Waals surface area contributed by atoms with Crippen LogP contribution < -0.4 is 10.2 Å². The van der Waals surface area contributed by atoms with E-state index < -0.39 is 0 Å². The van der Waals surface area contributed by atoms with Crippen LogP contribution in [0.5, 0.6) is 0 Å². The Morgan fingerprint density at radius 3 is 2.93 bits per heavy atom. The summed E-state index contributed by atoms with van der Waals surface area (Å²) in [6, 6.07) is 3.70. The fraction of sp³-hybridized carbons (Fsp3) is 0.444. The second-order valence-corrected chi connectivity index (χ2v) is 7.78. The number of rotatable bonds is 5. The number of pyridine rings is 1. The van der Waals surface area contributed by atoms with E-state index in [-0.39, 0.29) is 5.91 Å². The zero-order valence-electron chi connectivity index (χ0n) is 15.9. The summed E-state index contributed by atoms with van der Waals surface area (Å²) in [6.07, 6.45) is 3.88. The van der Waals surface area contributed by atoms with Gasteiger partial charge >= 0.3 is 0 Å². The second-order valence-electron chi connectivity index (χ2n) is 6.95. The second kappa shape index (κ2) is 8.01. The van der Waals surface area contributed by atoms with Gasteiger partial charge in [-0.05, 0) is 44.7 Å². The van der Waals surface area contributed by atoms with Crippen molar-refractivity contribution in [1.29, 1.82) is 0 Å². The first-order chi connectivity index (χ1) is 13.6. The minimum Gasteiger partial charge on any atom is -0.356 e. The molecule has 0 aromatic carbocycles. The van der Waals surface area contributed by atoms with Crippen molar-refractivity contribution in [2.75, 3.05) is 23.3 Å². The molecule has 4 rings (SSSR count). The molecule has 1 unspecified atom stereocenters. The van der Waals surface area contributed by atoms with E-state index in [0.717, 1.165) is 49.9 Å². The fourth-order valence-electron chi connectivity index (χ4n) is 3.51. The molecule has 0 radical (unpaired) electrons. The predicted octanol–water partition coefficient (Wildman–Crippen LogP) is 2.31. The van der Waals surface area contributed by atoms with Crippen LogP contribution in [0.1, 0.15) is 34.8 Å². The van der Waals surface area contributed by atoms with Crippen molar-refractivity contribution in [3.05, 3.63) is 41.1 Å². The van der Waals surface area contributed by atoms with E-state index in [4.69, 9.17) is 0 Å². The maximum atomic E-state index is 12.2. The summed E-state index contributed by atoms with van der Waals surface area (Å²) in [5.74, 6) is 2.93. The third kappa shape index (κ3) is 4.16. The van der Waals surface area contributed by atoms with E-state index in [1.54, 1.807) is 17.8 Å². The molecule has 0 bridgehead atoms. The number of hydrogen-bond acceptors (Lipinski definition) is 8. The summed E-state index contributed by atoms with van der Waals surface area (Å²) >= 11 is 1.28. The number of carbonyl (C=O) groups excluding carboxylic acids is 1. The number of carbonyl (C=O) groups is 1. The molecule has 9 nitrogen and oxygen atoms in total. The summed E-state index contributed by atoms with van der Waals surface area (Å²) in [6.45, 7) is 6.67. The normalized spacial score (nSPS) is 16.9. The lowest BCUT2D eigenvalue weighted by atomic mass is 9.98. The van der Waals surface area contributed by atoms with Crippen LogP contribution in [0.25, 0.3) is 0 Å². The Morgan fingerprint density at radius 2 is 2.25 bits per heavy atom. The van der Waals surface area contributed by atoms with Crippen molar-refractivity contribution in [1.82, 2.24) is 29.9 Å². The van der Waals surface area contributed by atoms with Crippen LogP contribution in [0.4, 0.5) is 10.9 Å². The number of nitrogens with one attached hydrogen (secondary N) is 1. The molecule has 1 aliphatic heterocycles. The monoisotopic (exact) mass is 398 g/mol. The highest BCUT2D eigenvalue weighted by Crippen LogP contribution is 2.23. The van der Waals surface area contributed by atoms with Gasteiger partial charge in [0.15, 0.2) is 0 Å². The number of aryl methyl sites for hydroxylation is 2. The van der Waals surface area contributed by atoms with E-state index in [1.807, 2.05) is 24.6 Å². The van der Waals surface area contributed by atoms with Crippen LogP contribution in [-0.4, -0.2) is 48.9 Å². The quantitative estimate of drug-likeness (QED) is 0.703. The zero-order valence-corrected chi connectivity index (χ0v) is 16.7. The molecular weight excluding hydrogens is 376 g/mol. The lowest BCUT2D eigenvalue weighted by Crippen LogP contribution is -2.37. The minimum absolute atomic E-state index is 0.232. The summed E-state index contributed by atoms with van der Waals surface area (Å²) < 4.78 is 2.00. The number of aromatic nitrogens is 6. The number of amides is 1. The molecule has 0 spiro atoms. The molecule has 1 aliphatic rings. The highest BCUT2D eigenvalue weighted by atomic mass is 32.1. The van der Waals surface area contributed by atoms with Crippen molar-refractivity contribution < 1.29 is 4.79 Å². The summed E-state index contributed by atoms with van der Waals surface area (Å²) in [4.78, 5) is 23.4. The topological polar surface area (TPSA) is 102 Å². The van der Waals surface area contributed by atoms with Gasteiger partial charge in [-0.15, -0.1) is 10.2 Å². The summed E-state index contributed by atoms with van der Waals surface area (Å²) in [5.41, 5.74) is 2.08. The first-order valence-corrected chi connectivity index (χ1v) is 10.1. The van der Waals surface area contributed by atoms with E-state index in [0.29, 0.717) is 16.6 Å². The zero-order chi connectivity index (χ0) is 19.5. The average molecular weight is 398 g/mol. The van der Waals surface area contributed by atoms with Crippen LogP contribution in [0.15, 0.2) is 23.8 Å². The molecule has 1 saturated heterocycles. The Kier molecular flexibility index (Phi) is 5.29. The van der Waals surface area contributed by atoms with Crippen molar-refractivity contribution in [2.24, 2.45) is 5.92 Å². The lowest BCUT2D eigenvalue weighted by molar-refractivity contribution is 0.102.